The molecule has 6 nitrogen and oxygen atoms in total. The number of nitrogens with one attached hydrogen (secondary N) is 2. The van der Waals surface area contributed by atoms with Crippen LogP contribution in [0, 0.1) is 5.82 Å². The molecule has 1 aliphatic rings. The molecule has 2 amide bonds. The van der Waals surface area contributed by atoms with Gasteiger partial charge in [0, 0.05) is 37.9 Å². The van der Waals surface area contributed by atoms with Gasteiger partial charge in [-0.05, 0) is 31.5 Å². The normalized spacial score (nSPS) is 16.5. The van der Waals surface area contributed by atoms with Crippen LogP contribution in [0.15, 0.2) is 24.3 Å². The van der Waals surface area contributed by atoms with Crippen molar-refractivity contribution in [2.45, 2.75) is 45.6 Å². The Morgan fingerprint density at radius 2 is 1.71 bits per heavy atom. The quantitative estimate of drug-likeness (QED) is 0.601. The van der Waals surface area contributed by atoms with Crippen LogP contribution in [0.1, 0.15) is 39.5 Å². The molecule has 0 bridgehead atoms. The molecule has 0 aromatic heterocycles. The van der Waals surface area contributed by atoms with Crippen molar-refractivity contribution in [2.75, 3.05) is 44.6 Å². The van der Waals surface area contributed by atoms with E-state index in [1.807, 2.05) is 0 Å². The van der Waals surface area contributed by atoms with Crippen molar-refractivity contribution >= 4 is 17.5 Å². The summed E-state index contributed by atoms with van der Waals surface area (Å²) in [5.74, 6) is -0.455. The van der Waals surface area contributed by atoms with Crippen LogP contribution in [0.5, 0.6) is 0 Å². The lowest BCUT2D eigenvalue weighted by Crippen LogP contribution is -2.51. The highest BCUT2D eigenvalue weighted by atomic mass is 19.1. The van der Waals surface area contributed by atoms with Crippen molar-refractivity contribution < 1.29 is 14.0 Å². The molecule has 28 heavy (non-hydrogen) atoms. The zero-order chi connectivity index (χ0) is 20.4. The molecule has 7 heteroatoms. The second-order valence-electron chi connectivity index (χ2n) is 7.58. The van der Waals surface area contributed by atoms with Crippen LogP contribution in [0.3, 0.4) is 0 Å². The zero-order valence-corrected chi connectivity index (χ0v) is 17.0. The molecule has 156 valence electrons. The fourth-order valence-corrected chi connectivity index (χ4v) is 3.37. The predicted octanol–water partition coefficient (Wildman–Crippen LogP) is 2.47. The number of halogens is 1. The van der Waals surface area contributed by atoms with Crippen molar-refractivity contribution in [2.24, 2.45) is 0 Å². The lowest BCUT2D eigenvalue weighted by Gasteiger charge is -2.34. The zero-order valence-electron chi connectivity index (χ0n) is 17.0. The van der Waals surface area contributed by atoms with Gasteiger partial charge in [-0.25, -0.2) is 4.39 Å². The number of piperazine rings is 1. The summed E-state index contributed by atoms with van der Waals surface area (Å²) in [6, 6.07) is 6.10. The summed E-state index contributed by atoms with van der Waals surface area (Å²) < 4.78 is 13.2. The fraction of sp³-hybridized carbons (Fsp3) is 0.619. The van der Waals surface area contributed by atoms with E-state index in [4.69, 9.17) is 0 Å². The molecule has 1 heterocycles. The Labute approximate surface area is 167 Å². The van der Waals surface area contributed by atoms with E-state index in [0.717, 1.165) is 39.0 Å². The standard InChI is InChI=1S/C21H33FN4O2/c1-3-4-5-7-17(2)23-20(27)15-25-10-12-26(13-11-25)16-21(28)24-19-9-6-8-18(22)14-19/h6,8-9,14,17H,3-5,7,10-13,15-16H2,1-2H3,(H,23,27)(H,24,28)/t17-/m1/s1. The van der Waals surface area contributed by atoms with E-state index < -0.39 is 0 Å². The Balaban J connectivity index is 1.64. The third-order valence-corrected chi connectivity index (χ3v) is 4.96. The van der Waals surface area contributed by atoms with Gasteiger partial charge in [-0.1, -0.05) is 32.3 Å². The first-order valence-electron chi connectivity index (χ1n) is 10.3. The second-order valence-corrected chi connectivity index (χ2v) is 7.58. The number of carbonyl (C=O) groups excluding carboxylic acids is 2. The van der Waals surface area contributed by atoms with E-state index in [-0.39, 0.29) is 30.2 Å². The molecule has 0 unspecified atom stereocenters. The van der Waals surface area contributed by atoms with Gasteiger partial charge in [0.25, 0.3) is 0 Å². The van der Waals surface area contributed by atoms with Gasteiger partial charge < -0.3 is 10.6 Å². The van der Waals surface area contributed by atoms with Gasteiger partial charge in [0.1, 0.15) is 5.82 Å². The van der Waals surface area contributed by atoms with E-state index >= 15 is 0 Å². The van der Waals surface area contributed by atoms with Gasteiger partial charge in [-0.3, -0.25) is 19.4 Å². The summed E-state index contributed by atoms with van der Waals surface area (Å²) in [5.41, 5.74) is 0.466. The Morgan fingerprint density at radius 1 is 1.07 bits per heavy atom. The van der Waals surface area contributed by atoms with Crippen LogP contribution in [0.25, 0.3) is 0 Å². The molecule has 1 atom stereocenters. The third kappa shape index (κ3) is 8.35. The molecular weight excluding hydrogens is 359 g/mol. The van der Waals surface area contributed by atoms with Gasteiger partial charge in [0.15, 0.2) is 0 Å². The number of rotatable bonds is 10. The van der Waals surface area contributed by atoms with Crippen LogP contribution in [-0.4, -0.2) is 66.9 Å². The van der Waals surface area contributed by atoms with Crippen molar-refractivity contribution in [3.05, 3.63) is 30.1 Å². The Kier molecular flexibility index (Phi) is 9.37. The third-order valence-electron chi connectivity index (χ3n) is 4.96. The molecule has 0 radical (unpaired) electrons. The minimum atomic E-state index is -0.371. The summed E-state index contributed by atoms with van der Waals surface area (Å²) >= 11 is 0. The number of anilines is 1. The maximum atomic E-state index is 13.2. The molecule has 1 fully saturated rings. The summed E-state index contributed by atoms with van der Waals surface area (Å²) in [5, 5.41) is 5.79. The van der Waals surface area contributed by atoms with Crippen molar-refractivity contribution in [3.63, 3.8) is 0 Å². The van der Waals surface area contributed by atoms with Gasteiger partial charge in [0.05, 0.1) is 13.1 Å². The maximum Gasteiger partial charge on any atom is 0.238 e. The maximum absolute atomic E-state index is 13.2. The monoisotopic (exact) mass is 392 g/mol. The largest absolute Gasteiger partial charge is 0.353 e. The smallest absolute Gasteiger partial charge is 0.238 e. The van der Waals surface area contributed by atoms with Gasteiger partial charge in [-0.2, -0.15) is 0 Å². The summed E-state index contributed by atoms with van der Waals surface area (Å²) in [7, 11) is 0. The van der Waals surface area contributed by atoms with Gasteiger partial charge in [0.2, 0.25) is 11.8 Å². The average Bonchev–Trinajstić information content (AvgIpc) is 2.63. The Morgan fingerprint density at radius 3 is 2.32 bits per heavy atom. The van der Waals surface area contributed by atoms with Crippen molar-refractivity contribution in [1.82, 2.24) is 15.1 Å². The number of nitrogens with zero attached hydrogens (tertiary/aromatic N) is 2. The number of carbonyl (C=O) groups is 2. The van der Waals surface area contributed by atoms with Crippen LogP contribution in [0.4, 0.5) is 10.1 Å². The second kappa shape index (κ2) is 11.8. The topological polar surface area (TPSA) is 64.7 Å². The first-order chi connectivity index (χ1) is 13.5. The molecule has 1 aliphatic heterocycles. The lowest BCUT2D eigenvalue weighted by atomic mass is 10.1. The molecule has 2 N–H and O–H groups in total. The first kappa shape index (κ1) is 22.3. The number of hydrogen-bond acceptors (Lipinski definition) is 4. The van der Waals surface area contributed by atoms with Crippen LogP contribution < -0.4 is 10.6 Å². The molecule has 0 spiro atoms. The highest BCUT2D eigenvalue weighted by Gasteiger charge is 2.21. The molecule has 1 aromatic rings. The molecule has 1 aromatic carbocycles. The van der Waals surface area contributed by atoms with Crippen molar-refractivity contribution in [1.29, 1.82) is 0 Å². The van der Waals surface area contributed by atoms with E-state index in [1.54, 1.807) is 12.1 Å². The Bertz CT molecular complexity index is 633. The molecule has 0 aliphatic carbocycles. The van der Waals surface area contributed by atoms with Crippen LogP contribution in [-0.2, 0) is 9.59 Å². The number of benzene rings is 1. The summed E-state index contributed by atoms with van der Waals surface area (Å²) in [6.07, 6.45) is 4.56. The van der Waals surface area contributed by atoms with E-state index in [1.165, 1.54) is 25.0 Å². The summed E-state index contributed by atoms with van der Waals surface area (Å²) in [6.45, 7) is 7.88. The van der Waals surface area contributed by atoms with Gasteiger partial charge >= 0.3 is 0 Å². The highest BCUT2D eigenvalue weighted by molar-refractivity contribution is 5.92. The Hall–Kier alpha value is -1.99. The van der Waals surface area contributed by atoms with Crippen LogP contribution >= 0.6 is 0 Å². The first-order valence-corrected chi connectivity index (χ1v) is 10.3. The predicted molar refractivity (Wildman–Crippen MR) is 110 cm³/mol. The molecule has 0 saturated carbocycles. The number of unbranched alkanes of at least 4 members (excludes halogenated alkanes) is 2. The minimum absolute atomic E-state index is 0.0706. The SMILES string of the molecule is CCCCC[C@@H](C)NC(=O)CN1CCN(CC(=O)Nc2cccc(F)c2)CC1. The average molecular weight is 393 g/mol. The van der Waals surface area contributed by atoms with Gasteiger partial charge in [-0.15, -0.1) is 0 Å². The minimum Gasteiger partial charge on any atom is -0.353 e. The van der Waals surface area contributed by atoms with E-state index in [9.17, 15) is 14.0 Å². The van der Waals surface area contributed by atoms with E-state index in [0.29, 0.717) is 12.2 Å². The molecular formula is C21H33FN4O2. The summed E-state index contributed by atoms with van der Waals surface area (Å²) in [4.78, 5) is 28.5. The fourth-order valence-electron chi connectivity index (χ4n) is 3.37. The van der Waals surface area contributed by atoms with Crippen molar-refractivity contribution in [3.8, 4) is 0 Å². The van der Waals surface area contributed by atoms with E-state index in [2.05, 4.69) is 34.3 Å². The number of amides is 2. The lowest BCUT2D eigenvalue weighted by molar-refractivity contribution is -0.124. The molecule has 1 saturated heterocycles. The highest BCUT2D eigenvalue weighted by Crippen LogP contribution is 2.09. The molecule has 2 rings (SSSR count). The number of hydrogen-bond donors (Lipinski definition) is 2. The van der Waals surface area contributed by atoms with Crippen LogP contribution in [0.2, 0.25) is 0 Å².